The monoisotopic (exact) mass is 483 g/mol. The van der Waals surface area contributed by atoms with Crippen molar-refractivity contribution in [1.82, 2.24) is 5.32 Å². The van der Waals surface area contributed by atoms with E-state index in [1.807, 2.05) is 6.92 Å². The van der Waals surface area contributed by atoms with E-state index in [2.05, 4.69) is 19.2 Å². The Hall–Kier alpha value is -1.06. The van der Waals surface area contributed by atoms with Crippen LogP contribution in [0.1, 0.15) is 175 Å². The quantitative estimate of drug-likeness (QED) is 0.127. The molecule has 0 rings (SSSR count). The third-order valence-electron chi connectivity index (χ3n) is 6.32. The van der Waals surface area contributed by atoms with E-state index in [0.29, 0.717) is 12.8 Å². The third kappa shape index (κ3) is 35.5. The topological polar surface area (TPSA) is 66.4 Å². The lowest BCUT2D eigenvalue weighted by atomic mass is 10.1. The first-order valence-corrected chi connectivity index (χ1v) is 15.1. The van der Waals surface area contributed by atoms with Gasteiger partial charge in [0.15, 0.2) is 0 Å². The molecule has 4 nitrogen and oxygen atoms in total. The molecule has 0 aromatic rings. The van der Waals surface area contributed by atoms with E-state index in [-0.39, 0.29) is 5.91 Å². The molecular formula is C30H61NO3. The Morgan fingerprint density at radius 3 is 1.18 bits per heavy atom. The normalized spacial score (nSPS) is 10.6. The number of carbonyl (C=O) groups excluding carboxylic acids is 1. The molecule has 0 bridgehead atoms. The van der Waals surface area contributed by atoms with Crippen molar-refractivity contribution in [3.05, 3.63) is 0 Å². The van der Waals surface area contributed by atoms with E-state index in [0.717, 1.165) is 32.2 Å². The number of rotatable bonds is 25. The molecule has 0 aromatic heterocycles. The molecule has 0 heterocycles. The summed E-state index contributed by atoms with van der Waals surface area (Å²) in [7, 11) is 0. The number of amides is 1. The molecule has 0 aliphatic carbocycles. The molecule has 0 saturated heterocycles. The van der Waals surface area contributed by atoms with Gasteiger partial charge in [0.1, 0.15) is 0 Å². The van der Waals surface area contributed by atoms with E-state index in [4.69, 9.17) is 5.11 Å². The van der Waals surface area contributed by atoms with Crippen molar-refractivity contribution >= 4 is 11.9 Å². The number of aliphatic carboxylic acids is 1. The zero-order chi connectivity index (χ0) is 25.5. The minimum Gasteiger partial charge on any atom is -0.481 e. The second kappa shape index (κ2) is 31.9. The highest BCUT2D eigenvalue weighted by molar-refractivity contribution is 5.75. The fourth-order valence-electron chi connectivity index (χ4n) is 4.10. The fourth-order valence-corrected chi connectivity index (χ4v) is 4.10. The van der Waals surface area contributed by atoms with Gasteiger partial charge in [-0.2, -0.15) is 0 Å². The van der Waals surface area contributed by atoms with E-state index in [1.165, 1.54) is 116 Å². The van der Waals surface area contributed by atoms with Gasteiger partial charge in [0.05, 0.1) is 0 Å². The van der Waals surface area contributed by atoms with Crippen molar-refractivity contribution in [3.63, 3.8) is 0 Å². The van der Waals surface area contributed by atoms with Crippen LogP contribution >= 0.6 is 0 Å². The van der Waals surface area contributed by atoms with Gasteiger partial charge in [-0.05, 0) is 19.3 Å². The summed E-state index contributed by atoms with van der Waals surface area (Å²) in [5.41, 5.74) is 0. The lowest BCUT2D eigenvalue weighted by Gasteiger charge is -2.04. The molecule has 0 aliphatic heterocycles. The smallest absolute Gasteiger partial charge is 0.303 e. The number of carbonyl (C=O) groups is 2. The largest absolute Gasteiger partial charge is 0.481 e. The zero-order valence-corrected chi connectivity index (χ0v) is 23.4. The average Bonchev–Trinajstić information content (AvgIpc) is 2.81. The van der Waals surface area contributed by atoms with Crippen LogP contribution in [0.15, 0.2) is 0 Å². The lowest BCUT2D eigenvalue weighted by Crippen LogP contribution is -2.23. The van der Waals surface area contributed by atoms with Crippen LogP contribution in [0, 0.1) is 0 Å². The van der Waals surface area contributed by atoms with Gasteiger partial charge in [0, 0.05) is 19.4 Å². The number of carboxylic acid groups (broad SMARTS) is 1. The minimum absolute atomic E-state index is 0.216. The minimum atomic E-state index is -0.657. The van der Waals surface area contributed by atoms with Crippen LogP contribution in [0.2, 0.25) is 0 Å². The molecule has 0 spiro atoms. The van der Waals surface area contributed by atoms with Gasteiger partial charge in [0.25, 0.3) is 0 Å². The summed E-state index contributed by atoms with van der Waals surface area (Å²) in [6, 6.07) is 0. The average molecular weight is 484 g/mol. The molecule has 0 radical (unpaired) electrons. The van der Waals surface area contributed by atoms with Gasteiger partial charge in [-0.15, -0.1) is 0 Å². The van der Waals surface area contributed by atoms with Crippen LogP contribution in [-0.4, -0.2) is 23.5 Å². The summed E-state index contributed by atoms with van der Waals surface area (Å²) in [5, 5.41) is 11.4. The summed E-state index contributed by atoms with van der Waals surface area (Å²) in [5.74, 6) is -0.440. The Balaban J connectivity index is 0. The second-order valence-corrected chi connectivity index (χ2v) is 9.96. The van der Waals surface area contributed by atoms with Gasteiger partial charge in [-0.3, -0.25) is 9.59 Å². The van der Waals surface area contributed by atoms with Crippen LogP contribution in [-0.2, 0) is 9.59 Å². The Morgan fingerprint density at radius 1 is 0.471 bits per heavy atom. The summed E-state index contributed by atoms with van der Waals surface area (Å²) in [4.78, 5) is 21.5. The van der Waals surface area contributed by atoms with E-state index in [9.17, 15) is 9.59 Å². The Morgan fingerprint density at radius 2 is 0.824 bits per heavy atom. The van der Waals surface area contributed by atoms with E-state index >= 15 is 0 Å². The van der Waals surface area contributed by atoms with Gasteiger partial charge in [-0.25, -0.2) is 0 Å². The SMILES string of the molecule is CCCCCCCCCCCCCC(=O)O.CCCCCCCCCCCCNC(=O)CCC. The summed E-state index contributed by atoms with van der Waals surface area (Å²) >= 11 is 0. The molecular weight excluding hydrogens is 422 g/mol. The molecule has 1 amide bonds. The molecule has 0 unspecified atom stereocenters. The van der Waals surface area contributed by atoms with Gasteiger partial charge in [0.2, 0.25) is 5.91 Å². The molecule has 2 N–H and O–H groups in total. The highest BCUT2D eigenvalue weighted by Gasteiger charge is 1.98. The van der Waals surface area contributed by atoms with Crippen molar-refractivity contribution in [3.8, 4) is 0 Å². The molecule has 204 valence electrons. The number of hydrogen-bond acceptors (Lipinski definition) is 2. The standard InChI is InChI=1S/C16H33NO.C14H28O2/c1-3-5-6-7-8-9-10-11-12-13-15-17-16(18)14-4-2;1-2-3-4-5-6-7-8-9-10-11-12-13-14(15)16/h3-15H2,1-2H3,(H,17,18);2-13H2,1H3,(H,15,16). The predicted molar refractivity (Wildman–Crippen MR) is 148 cm³/mol. The number of hydrogen-bond donors (Lipinski definition) is 2. The van der Waals surface area contributed by atoms with Gasteiger partial charge in [-0.1, -0.05) is 143 Å². The first-order chi connectivity index (χ1) is 16.6. The van der Waals surface area contributed by atoms with Crippen molar-refractivity contribution in [1.29, 1.82) is 0 Å². The molecule has 34 heavy (non-hydrogen) atoms. The highest BCUT2D eigenvalue weighted by atomic mass is 16.4. The first kappa shape index (κ1) is 35.1. The van der Waals surface area contributed by atoms with Crippen molar-refractivity contribution in [2.45, 2.75) is 175 Å². The third-order valence-corrected chi connectivity index (χ3v) is 6.32. The molecule has 0 saturated carbocycles. The van der Waals surface area contributed by atoms with Crippen LogP contribution < -0.4 is 5.32 Å². The van der Waals surface area contributed by atoms with E-state index in [1.54, 1.807) is 0 Å². The van der Waals surface area contributed by atoms with Crippen LogP contribution in [0.3, 0.4) is 0 Å². The molecule has 0 aliphatic rings. The molecule has 4 heteroatoms. The van der Waals surface area contributed by atoms with Gasteiger partial charge < -0.3 is 10.4 Å². The highest BCUT2D eigenvalue weighted by Crippen LogP contribution is 2.12. The molecule has 0 fully saturated rings. The number of unbranched alkanes of at least 4 members (excludes halogenated alkanes) is 19. The van der Waals surface area contributed by atoms with E-state index < -0.39 is 5.97 Å². The predicted octanol–water partition coefficient (Wildman–Crippen LogP) is 9.60. The summed E-state index contributed by atoms with van der Waals surface area (Å²) < 4.78 is 0. The lowest BCUT2D eigenvalue weighted by molar-refractivity contribution is -0.137. The van der Waals surface area contributed by atoms with Crippen molar-refractivity contribution < 1.29 is 14.7 Å². The Kier molecular flexibility index (Phi) is 33.0. The fraction of sp³-hybridized carbons (Fsp3) is 0.933. The molecule has 0 aromatic carbocycles. The first-order valence-electron chi connectivity index (χ1n) is 15.1. The summed E-state index contributed by atoms with van der Waals surface area (Å²) in [6.07, 6.45) is 29.5. The van der Waals surface area contributed by atoms with Gasteiger partial charge >= 0.3 is 5.97 Å². The molecule has 0 atom stereocenters. The van der Waals surface area contributed by atoms with Crippen LogP contribution in [0.4, 0.5) is 0 Å². The zero-order valence-electron chi connectivity index (χ0n) is 23.4. The number of carboxylic acids is 1. The Bertz CT molecular complexity index is 412. The maximum Gasteiger partial charge on any atom is 0.303 e. The van der Waals surface area contributed by atoms with Crippen molar-refractivity contribution in [2.24, 2.45) is 0 Å². The maximum absolute atomic E-state index is 11.2. The second-order valence-electron chi connectivity index (χ2n) is 9.96. The maximum atomic E-state index is 11.2. The summed E-state index contributed by atoms with van der Waals surface area (Å²) in [6.45, 7) is 7.42. The van der Waals surface area contributed by atoms with Crippen LogP contribution in [0.5, 0.6) is 0 Å². The number of nitrogens with one attached hydrogen (secondary N) is 1. The van der Waals surface area contributed by atoms with Crippen LogP contribution in [0.25, 0.3) is 0 Å². The van der Waals surface area contributed by atoms with Crippen molar-refractivity contribution in [2.75, 3.05) is 6.54 Å². The Labute approximate surface area is 213 Å².